The van der Waals surface area contributed by atoms with Gasteiger partial charge in [-0.3, -0.25) is 24.1 Å². The first kappa shape index (κ1) is 29.7. The average Bonchev–Trinajstić information content (AvgIpc) is 3.42. The van der Waals surface area contributed by atoms with Crippen molar-refractivity contribution in [2.75, 3.05) is 19.4 Å². The summed E-state index contributed by atoms with van der Waals surface area (Å²) in [5, 5.41) is 47.4. The minimum absolute atomic E-state index is 0.0997. The summed E-state index contributed by atoms with van der Waals surface area (Å²) >= 11 is 0. The Labute approximate surface area is 241 Å². The number of halogens is 1. The maximum absolute atomic E-state index is 15.4. The van der Waals surface area contributed by atoms with Crippen LogP contribution in [0.15, 0.2) is 23.0 Å². The number of amides is 2. The minimum Gasteiger partial charge on any atom is -0.508 e. The molecule has 4 aliphatic carbocycles. The highest BCUT2D eigenvalue weighted by Crippen LogP contribution is 2.53. The van der Waals surface area contributed by atoms with Crippen LogP contribution < -0.4 is 11.1 Å². The van der Waals surface area contributed by atoms with E-state index in [0.29, 0.717) is 12.3 Å². The molecular weight excluding hydrogens is 549 g/mol. The third-order valence-electron chi connectivity index (χ3n) is 9.43. The molecule has 12 heteroatoms. The van der Waals surface area contributed by atoms with Crippen LogP contribution in [0, 0.1) is 23.6 Å². The van der Waals surface area contributed by atoms with E-state index < -0.39 is 86.7 Å². The normalized spacial score (nSPS) is 27.7. The van der Waals surface area contributed by atoms with Crippen molar-refractivity contribution in [1.82, 2.24) is 4.90 Å². The molecule has 0 aliphatic heterocycles. The van der Waals surface area contributed by atoms with Crippen molar-refractivity contribution >= 4 is 34.8 Å². The molecular formula is C30H36FN3O8. The van der Waals surface area contributed by atoms with E-state index in [1.807, 2.05) is 0 Å². The highest BCUT2D eigenvalue weighted by Gasteiger charge is 2.64. The maximum Gasteiger partial charge on any atom is 0.255 e. The van der Waals surface area contributed by atoms with Crippen molar-refractivity contribution < 1.29 is 44.0 Å². The van der Waals surface area contributed by atoms with Crippen molar-refractivity contribution in [3.05, 3.63) is 39.9 Å². The second kappa shape index (κ2) is 10.8. The molecule has 7 N–H and O–H groups in total. The summed E-state index contributed by atoms with van der Waals surface area (Å²) in [4.78, 5) is 53.1. The number of phenols is 1. The van der Waals surface area contributed by atoms with Gasteiger partial charge in [-0.2, -0.15) is 0 Å². The van der Waals surface area contributed by atoms with Gasteiger partial charge < -0.3 is 31.5 Å². The fraction of sp³-hybridized carbons (Fsp3) is 0.533. The number of nitrogens with one attached hydrogen (secondary N) is 1. The molecule has 1 aromatic carbocycles. The Bertz CT molecular complexity index is 1440. The largest absolute Gasteiger partial charge is 0.508 e. The zero-order valence-corrected chi connectivity index (χ0v) is 23.6. The van der Waals surface area contributed by atoms with Crippen LogP contribution in [0.1, 0.15) is 62.5 Å². The molecule has 4 atom stereocenters. The van der Waals surface area contributed by atoms with Crippen LogP contribution in [-0.2, 0) is 25.6 Å². The van der Waals surface area contributed by atoms with Crippen LogP contribution in [-0.4, -0.2) is 74.4 Å². The Morgan fingerprint density at radius 2 is 1.83 bits per heavy atom. The van der Waals surface area contributed by atoms with Gasteiger partial charge in [0.1, 0.15) is 22.9 Å². The molecule has 11 nitrogen and oxygen atoms in total. The second-order valence-corrected chi connectivity index (χ2v) is 12.2. The van der Waals surface area contributed by atoms with E-state index in [4.69, 9.17) is 5.73 Å². The number of ketones is 2. The number of fused-ring (bicyclic) bond motifs is 3. The van der Waals surface area contributed by atoms with Crippen LogP contribution in [0.25, 0.3) is 5.76 Å². The van der Waals surface area contributed by atoms with Gasteiger partial charge in [0.2, 0.25) is 11.7 Å². The van der Waals surface area contributed by atoms with Crippen molar-refractivity contribution in [3.8, 4) is 5.75 Å². The number of nitrogens with zero attached hydrogens (tertiary/aromatic N) is 1. The number of benzene rings is 1. The fourth-order valence-corrected chi connectivity index (χ4v) is 7.42. The average molecular weight is 586 g/mol. The van der Waals surface area contributed by atoms with Crippen molar-refractivity contribution in [2.45, 2.75) is 69.4 Å². The lowest BCUT2D eigenvalue weighted by atomic mass is 9.57. The summed E-state index contributed by atoms with van der Waals surface area (Å²) in [5.41, 5.74) is 0.442. The number of rotatable bonds is 7. The zero-order chi connectivity index (χ0) is 30.7. The summed E-state index contributed by atoms with van der Waals surface area (Å²) in [6.07, 6.45) is 6.04. The molecule has 0 saturated heterocycles. The number of hydrogen-bond donors (Lipinski definition) is 6. The summed E-state index contributed by atoms with van der Waals surface area (Å²) in [7, 11) is 2.99. The lowest BCUT2D eigenvalue weighted by molar-refractivity contribution is -0.153. The highest BCUT2D eigenvalue weighted by molar-refractivity contribution is 6.24. The Morgan fingerprint density at radius 3 is 2.45 bits per heavy atom. The fourth-order valence-electron chi connectivity index (χ4n) is 7.42. The number of Topliss-reactive ketones (excluding diaryl/α,β-unsaturated/α-hetero) is 2. The topological polar surface area (TPSA) is 190 Å². The van der Waals surface area contributed by atoms with Gasteiger partial charge in [0.15, 0.2) is 17.1 Å². The molecule has 0 radical (unpaired) electrons. The highest BCUT2D eigenvalue weighted by atomic mass is 19.1. The first-order valence-electron chi connectivity index (χ1n) is 14.3. The van der Waals surface area contributed by atoms with Gasteiger partial charge >= 0.3 is 0 Å². The van der Waals surface area contributed by atoms with Crippen LogP contribution >= 0.6 is 0 Å². The number of nitrogens with two attached hydrogens (primary N) is 1. The van der Waals surface area contributed by atoms with E-state index in [9.17, 15) is 39.6 Å². The van der Waals surface area contributed by atoms with Gasteiger partial charge in [0.05, 0.1) is 17.3 Å². The maximum atomic E-state index is 15.4. The number of hydrogen-bond acceptors (Lipinski definition) is 9. The van der Waals surface area contributed by atoms with E-state index in [1.54, 1.807) is 0 Å². The Kier molecular flexibility index (Phi) is 7.65. The third kappa shape index (κ3) is 4.57. The number of phenolic OH excluding ortho intramolecular Hbond substituents is 1. The number of anilines is 1. The molecule has 226 valence electrons. The summed E-state index contributed by atoms with van der Waals surface area (Å²) in [6, 6.07) is -0.269. The molecule has 1 aromatic rings. The SMILES string of the molecule is CN(C)[C@@H]1C(=O)C(C(N)=O)=C(O)[C@@]2(O)C(=O)C3=C(O)c4c(O)c(NC(=O)CCCC5CCCC5)cc(F)c4C[C@H]3C[C@@H]12. The number of primary amides is 1. The van der Waals surface area contributed by atoms with E-state index >= 15 is 4.39 Å². The molecule has 2 saturated carbocycles. The standard InChI is InChI=1S/C30H36FN3O8/c1-34(2)23-16-11-14-10-15-17(31)12-18(33-19(35)9-5-8-13-6-3-4-7-13)24(36)21(15)25(37)20(14)27(39)30(16,42)28(40)22(26(23)38)29(32)41/h12-14,16,23,36-37,40,42H,3-11H2,1-2H3,(H2,32,41)(H,33,35)/t14-,16-,23-,30-/m0/s1. The molecule has 42 heavy (non-hydrogen) atoms. The molecule has 0 unspecified atom stereocenters. The smallest absolute Gasteiger partial charge is 0.255 e. The van der Waals surface area contributed by atoms with Crippen molar-refractivity contribution in [1.29, 1.82) is 0 Å². The van der Waals surface area contributed by atoms with Gasteiger partial charge in [-0.15, -0.1) is 0 Å². The quantitative estimate of drug-likeness (QED) is 0.206. The Hall–Kier alpha value is -3.77. The van der Waals surface area contributed by atoms with Gasteiger partial charge in [0.25, 0.3) is 5.91 Å². The number of carbonyl (C=O) groups is 4. The van der Waals surface area contributed by atoms with Gasteiger partial charge in [0, 0.05) is 29.5 Å². The number of aromatic hydroxyl groups is 1. The van der Waals surface area contributed by atoms with Crippen molar-refractivity contribution in [2.24, 2.45) is 23.5 Å². The lowest BCUT2D eigenvalue weighted by Gasteiger charge is -2.50. The minimum atomic E-state index is -2.79. The molecule has 2 fully saturated rings. The summed E-state index contributed by atoms with van der Waals surface area (Å²) in [6.45, 7) is 0. The predicted molar refractivity (Wildman–Crippen MR) is 149 cm³/mol. The second-order valence-electron chi connectivity index (χ2n) is 12.2. The van der Waals surface area contributed by atoms with Gasteiger partial charge in [-0.1, -0.05) is 25.7 Å². The van der Waals surface area contributed by atoms with Gasteiger partial charge in [-0.05, 0) is 51.6 Å². The summed E-state index contributed by atoms with van der Waals surface area (Å²) < 4.78 is 15.4. The van der Waals surface area contributed by atoms with Crippen molar-refractivity contribution in [3.63, 3.8) is 0 Å². The number of likely N-dealkylation sites (N-methyl/N-ethyl adjacent to an activating group) is 1. The van der Waals surface area contributed by atoms with Crippen LogP contribution in [0.4, 0.5) is 10.1 Å². The molecule has 4 aliphatic rings. The van der Waals surface area contributed by atoms with Crippen LogP contribution in [0.3, 0.4) is 0 Å². The monoisotopic (exact) mass is 585 g/mol. The predicted octanol–water partition coefficient (Wildman–Crippen LogP) is 2.40. The lowest BCUT2D eigenvalue weighted by Crippen LogP contribution is -2.65. The van der Waals surface area contributed by atoms with E-state index in [0.717, 1.165) is 25.3 Å². The third-order valence-corrected chi connectivity index (χ3v) is 9.43. The van der Waals surface area contributed by atoms with Gasteiger partial charge in [-0.25, -0.2) is 4.39 Å². The number of carbonyl (C=O) groups excluding carboxylic acids is 4. The van der Waals surface area contributed by atoms with E-state index in [2.05, 4.69) is 5.32 Å². The Balaban J connectivity index is 1.51. The number of aliphatic hydroxyl groups excluding tert-OH is 2. The first-order chi connectivity index (χ1) is 19.8. The van der Waals surface area contributed by atoms with E-state index in [-0.39, 0.29) is 30.5 Å². The number of aliphatic hydroxyl groups is 3. The molecule has 0 aromatic heterocycles. The van der Waals surface area contributed by atoms with Crippen LogP contribution in [0.2, 0.25) is 0 Å². The molecule has 2 amide bonds. The molecule has 5 rings (SSSR count). The Morgan fingerprint density at radius 1 is 1.17 bits per heavy atom. The first-order valence-corrected chi connectivity index (χ1v) is 14.3. The van der Waals surface area contributed by atoms with E-state index in [1.165, 1.54) is 31.8 Å². The molecule has 0 spiro atoms. The van der Waals surface area contributed by atoms with Crippen LogP contribution in [0.5, 0.6) is 5.75 Å². The molecule has 0 heterocycles. The summed E-state index contributed by atoms with van der Waals surface area (Å²) in [5.74, 6) is -8.88. The molecule has 0 bridgehead atoms. The zero-order valence-electron chi connectivity index (χ0n) is 23.6.